The van der Waals surface area contributed by atoms with Crippen molar-refractivity contribution in [3.8, 4) is 0 Å². The Labute approximate surface area is 105 Å². The Bertz CT molecular complexity index is 208. The molecule has 3 atom stereocenters. The Hall–Kier alpha value is 0.160. The topological polar surface area (TPSA) is 35.5 Å². The van der Waals surface area contributed by atoms with Crippen molar-refractivity contribution < 1.29 is 14.3 Å². The van der Waals surface area contributed by atoms with Crippen LogP contribution in [0.5, 0.6) is 0 Å². The molecule has 4 heteroatoms. The van der Waals surface area contributed by atoms with Gasteiger partial charge >= 0.3 is 5.97 Å². The number of halogens is 1. The summed E-state index contributed by atoms with van der Waals surface area (Å²) in [4.78, 5) is 11.1. The van der Waals surface area contributed by atoms with Crippen molar-refractivity contribution in [2.24, 2.45) is 0 Å². The Morgan fingerprint density at radius 2 is 2.33 bits per heavy atom. The second-order valence-electron chi connectivity index (χ2n) is 3.97. The number of ether oxygens (including phenoxy) is 2. The van der Waals surface area contributed by atoms with Crippen molar-refractivity contribution >= 4 is 28.6 Å². The number of alkyl halides is 1. The summed E-state index contributed by atoms with van der Waals surface area (Å²) in [5.74, 6) is -0.167. The molecule has 0 aromatic rings. The molecule has 0 radical (unpaired) electrons. The molecule has 0 aromatic carbocycles. The number of hydrogen-bond acceptors (Lipinski definition) is 3. The third-order valence-electron chi connectivity index (χ3n) is 2.72. The zero-order valence-electron chi connectivity index (χ0n) is 9.37. The first-order valence-corrected chi connectivity index (χ1v) is 6.78. The number of carbonyl (C=O) groups is 1. The normalized spacial score (nSPS) is 30.5. The van der Waals surface area contributed by atoms with Gasteiger partial charge in [-0.1, -0.05) is 42.4 Å². The lowest BCUT2D eigenvalue weighted by Crippen LogP contribution is -2.17. The molecule has 1 aliphatic heterocycles. The van der Waals surface area contributed by atoms with E-state index in [1.165, 1.54) is 20.0 Å². The molecule has 15 heavy (non-hydrogen) atoms. The average molecular weight is 326 g/mol. The lowest BCUT2D eigenvalue weighted by molar-refractivity contribution is -0.143. The molecule has 0 saturated carbocycles. The first kappa shape index (κ1) is 13.2. The van der Waals surface area contributed by atoms with Gasteiger partial charge in [0.15, 0.2) is 0 Å². The molecule has 1 aliphatic rings. The second kappa shape index (κ2) is 6.68. The SMILES string of the molecule is CCCC[C@@H]1O[C@@H](CC(=O)OC)C[C@H]1I. The molecule has 1 saturated heterocycles. The Balaban J connectivity index is 2.31. The summed E-state index contributed by atoms with van der Waals surface area (Å²) in [5.41, 5.74) is 0. The highest BCUT2D eigenvalue weighted by Gasteiger charge is 2.33. The average Bonchev–Trinajstić information content (AvgIpc) is 2.55. The van der Waals surface area contributed by atoms with Crippen molar-refractivity contribution in [3.63, 3.8) is 0 Å². The molecule has 0 aromatic heterocycles. The number of esters is 1. The van der Waals surface area contributed by atoms with Crippen LogP contribution in [0.2, 0.25) is 0 Å². The molecule has 0 spiro atoms. The van der Waals surface area contributed by atoms with Crippen molar-refractivity contribution in [3.05, 3.63) is 0 Å². The van der Waals surface area contributed by atoms with E-state index in [9.17, 15) is 4.79 Å². The van der Waals surface area contributed by atoms with Gasteiger partial charge in [0.2, 0.25) is 0 Å². The predicted molar refractivity (Wildman–Crippen MR) is 67.2 cm³/mol. The van der Waals surface area contributed by atoms with E-state index in [0.717, 1.165) is 12.8 Å². The zero-order valence-corrected chi connectivity index (χ0v) is 11.5. The van der Waals surface area contributed by atoms with Gasteiger partial charge in [0.1, 0.15) is 0 Å². The number of unbranched alkanes of at least 4 members (excludes halogenated alkanes) is 1. The van der Waals surface area contributed by atoms with E-state index in [1.54, 1.807) is 0 Å². The summed E-state index contributed by atoms with van der Waals surface area (Å²) in [6, 6.07) is 0. The molecule has 0 aliphatic carbocycles. The van der Waals surface area contributed by atoms with Gasteiger partial charge < -0.3 is 9.47 Å². The quantitative estimate of drug-likeness (QED) is 0.443. The smallest absolute Gasteiger partial charge is 0.308 e. The van der Waals surface area contributed by atoms with Crippen LogP contribution in [0.15, 0.2) is 0 Å². The predicted octanol–water partition coefficient (Wildman–Crippen LogP) is 2.70. The molecular weight excluding hydrogens is 307 g/mol. The number of rotatable bonds is 5. The maximum Gasteiger partial charge on any atom is 0.308 e. The fraction of sp³-hybridized carbons (Fsp3) is 0.909. The van der Waals surface area contributed by atoms with Crippen LogP contribution < -0.4 is 0 Å². The monoisotopic (exact) mass is 326 g/mol. The maximum atomic E-state index is 11.1. The van der Waals surface area contributed by atoms with E-state index in [-0.39, 0.29) is 12.1 Å². The van der Waals surface area contributed by atoms with Gasteiger partial charge in [0.05, 0.1) is 25.7 Å². The third kappa shape index (κ3) is 4.26. The highest BCUT2D eigenvalue weighted by molar-refractivity contribution is 14.1. The third-order valence-corrected chi connectivity index (χ3v) is 4.03. The number of carbonyl (C=O) groups excluding carboxylic acids is 1. The fourth-order valence-electron chi connectivity index (χ4n) is 1.85. The van der Waals surface area contributed by atoms with Crippen LogP contribution >= 0.6 is 22.6 Å². The highest BCUT2D eigenvalue weighted by Crippen LogP contribution is 2.31. The van der Waals surface area contributed by atoms with E-state index in [1.807, 2.05) is 0 Å². The standard InChI is InChI=1S/C11H19IO3/c1-3-4-5-10-9(12)6-8(15-10)7-11(13)14-2/h8-10H,3-7H2,1-2H3/t8-,9-,10+/m1/s1. The van der Waals surface area contributed by atoms with E-state index >= 15 is 0 Å². The van der Waals surface area contributed by atoms with E-state index in [0.29, 0.717) is 16.4 Å². The van der Waals surface area contributed by atoms with Gasteiger partial charge in [0, 0.05) is 3.92 Å². The highest BCUT2D eigenvalue weighted by atomic mass is 127. The van der Waals surface area contributed by atoms with Crippen LogP contribution in [-0.2, 0) is 14.3 Å². The summed E-state index contributed by atoms with van der Waals surface area (Å²) in [5, 5.41) is 0. The minimum Gasteiger partial charge on any atom is -0.469 e. The van der Waals surface area contributed by atoms with Crippen LogP contribution in [0.4, 0.5) is 0 Å². The summed E-state index contributed by atoms with van der Waals surface area (Å²) in [6.07, 6.45) is 5.30. The van der Waals surface area contributed by atoms with Crippen molar-refractivity contribution in [1.29, 1.82) is 0 Å². The van der Waals surface area contributed by atoms with Crippen LogP contribution in [-0.4, -0.2) is 29.2 Å². The summed E-state index contributed by atoms with van der Waals surface area (Å²) < 4.78 is 11.0. The molecule has 0 amide bonds. The maximum absolute atomic E-state index is 11.1. The number of hydrogen-bond donors (Lipinski definition) is 0. The molecular formula is C11H19IO3. The van der Waals surface area contributed by atoms with Crippen molar-refractivity contribution in [1.82, 2.24) is 0 Å². The fourth-order valence-corrected chi connectivity index (χ4v) is 2.94. The molecule has 0 N–H and O–H groups in total. The molecule has 0 unspecified atom stereocenters. The lowest BCUT2D eigenvalue weighted by atomic mass is 10.1. The Morgan fingerprint density at radius 3 is 2.93 bits per heavy atom. The van der Waals surface area contributed by atoms with Gasteiger partial charge in [-0.25, -0.2) is 0 Å². The van der Waals surface area contributed by atoms with Crippen LogP contribution in [0.3, 0.4) is 0 Å². The summed E-state index contributed by atoms with van der Waals surface area (Å²) in [7, 11) is 1.42. The Morgan fingerprint density at radius 1 is 1.60 bits per heavy atom. The minimum atomic E-state index is -0.167. The molecule has 1 rings (SSSR count). The molecule has 88 valence electrons. The van der Waals surface area contributed by atoms with Gasteiger partial charge in [0.25, 0.3) is 0 Å². The molecule has 1 fully saturated rings. The van der Waals surface area contributed by atoms with Crippen molar-refractivity contribution in [2.75, 3.05) is 7.11 Å². The zero-order chi connectivity index (χ0) is 11.3. The van der Waals surface area contributed by atoms with Gasteiger partial charge in [-0.3, -0.25) is 4.79 Å². The first-order chi connectivity index (χ1) is 7.17. The van der Waals surface area contributed by atoms with Crippen LogP contribution in [0.1, 0.15) is 39.0 Å². The Kier molecular flexibility index (Phi) is 5.89. The lowest BCUT2D eigenvalue weighted by Gasteiger charge is -2.13. The molecule has 1 heterocycles. The van der Waals surface area contributed by atoms with E-state index < -0.39 is 0 Å². The van der Waals surface area contributed by atoms with Crippen molar-refractivity contribution in [2.45, 2.75) is 55.2 Å². The van der Waals surface area contributed by atoms with Gasteiger partial charge in [-0.2, -0.15) is 0 Å². The minimum absolute atomic E-state index is 0.0706. The molecule has 0 bridgehead atoms. The van der Waals surface area contributed by atoms with E-state index in [4.69, 9.17) is 4.74 Å². The summed E-state index contributed by atoms with van der Waals surface area (Å²) in [6.45, 7) is 2.18. The molecule has 3 nitrogen and oxygen atoms in total. The summed E-state index contributed by atoms with van der Waals surface area (Å²) >= 11 is 2.43. The first-order valence-electron chi connectivity index (χ1n) is 5.53. The number of methoxy groups -OCH3 is 1. The van der Waals surface area contributed by atoms with Gasteiger partial charge in [-0.05, 0) is 12.8 Å². The van der Waals surface area contributed by atoms with E-state index in [2.05, 4.69) is 34.3 Å². The second-order valence-corrected chi connectivity index (χ2v) is 5.57. The van der Waals surface area contributed by atoms with Gasteiger partial charge in [-0.15, -0.1) is 0 Å². The van der Waals surface area contributed by atoms with Crippen LogP contribution in [0.25, 0.3) is 0 Å². The largest absolute Gasteiger partial charge is 0.469 e. The van der Waals surface area contributed by atoms with Crippen LogP contribution in [0, 0.1) is 0 Å².